The predicted molar refractivity (Wildman–Crippen MR) is 83.5 cm³/mol. The smallest absolute Gasteiger partial charge is 0.454 e. The van der Waals surface area contributed by atoms with Crippen LogP contribution in [0, 0.1) is 37.3 Å². The molecule has 0 radical (unpaired) electrons. The van der Waals surface area contributed by atoms with Crippen LogP contribution < -0.4 is 0 Å². The van der Waals surface area contributed by atoms with Gasteiger partial charge in [0.1, 0.15) is 0 Å². The molecule has 0 saturated carbocycles. The Bertz CT molecular complexity index is 834. The van der Waals surface area contributed by atoms with Gasteiger partial charge in [-0.05, 0) is 0 Å². The van der Waals surface area contributed by atoms with E-state index in [1.807, 2.05) is 0 Å². The number of aliphatic hydroxyl groups is 3. The van der Waals surface area contributed by atoms with Crippen molar-refractivity contribution in [3.05, 3.63) is 35.5 Å². The second kappa shape index (κ2) is 15.6. The summed E-state index contributed by atoms with van der Waals surface area (Å²) in [5.74, 6) is -16.0. The molecule has 0 aliphatic carbocycles. The zero-order valence-corrected chi connectivity index (χ0v) is 19.2. The monoisotopic (exact) mass is 790 g/mol. The Kier molecular flexibility index (Phi) is 17.4. The molecule has 3 N–H and O–H groups in total. The molecule has 40 heavy (non-hydrogen) atoms. The van der Waals surface area contributed by atoms with Gasteiger partial charge < -0.3 is 15.3 Å². The molecule has 0 amide bonds. The van der Waals surface area contributed by atoms with Gasteiger partial charge in [-0.3, -0.25) is 14.4 Å². The fraction of sp³-hybridized carbons (Fsp3) is 0.400. The van der Waals surface area contributed by atoms with Crippen molar-refractivity contribution in [1.82, 2.24) is 0 Å². The molecule has 240 valence electrons. The Morgan fingerprint density at radius 3 is 0.550 bits per heavy atom. The summed E-state index contributed by atoms with van der Waals surface area (Å²) in [6.07, 6.45) is -35.0. The Balaban J connectivity index is -0.000000240. The molecule has 0 saturated heterocycles. The second-order valence-corrected chi connectivity index (χ2v) is 5.67. The first kappa shape index (κ1) is 44.6. The van der Waals surface area contributed by atoms with E-state index in [2.05, 4.69) is 0 Å². The summed E-state index contributed by atoms with van der Waals surface area (Å²) in [5, 5.41) is 23.8. The minimum Gasteiger partial charge on any atom is -0.504 e. The van der Waals surface area contributed by atoms with Crippen molar-refractivity contribution in [2.24, 2.45) is 0 Å². The van der Waals surface area contributed by atoms with Crippen LogP contribution in [0.4, 0.5) is 79.0 Å². The van der Waals surface area contributed by atoms with Crippen LogP contribution in [0.1, 0.15) is 0 Å². The van der Waals surface area contributed by atoms with Crippen molar-refractivity contribution in [1.29, 1.82) is 0 Å². The Hall–Kier alpha value is -2.38. The van der Waals surface area contributed by atoms with Crippen molar-refractivity contribution < 1.29 is 146 Å². The van der Waals surface area contributed by atoms with Gasteiger partial charge in [-0.2, -0.15) is 79.0 Å². The molecule has 0 aliphatic rings. The first-order chi connectivity index (χ1) is 16.6. The van der Waals surface area contributed by atoms with Crippen molar-refractivity contribution in [3.63, 3.8) is 0 Å². The summed E-state index contributed by atoms with van der Waals surface area (Å²) >= 11 is 0. The average molecular weight is 791 g/mol. The summed E-state index contributed by atoms with van der Waals surface area (Å²) in [6.45, 7) is 0. The van der Waals surface area contributed by atoms with Crippen molar-refractivity contribution in [2.45, 2.75) is 37.1 Å². The van der Waals surface area contributed by atoms with E-state index in [9.17, 15) is 93.4 Å². The molecule has 0 atom stereocenters. The van der Waals surface area contributed by atoms with E-state index >= 15 is 0 Å². The molecule has 0 rings (SSSR count). The number of ketones is 3. The van der Waals surface area contributed by atoms with Gasteiger partial charge in [0.15, 0.2) is 0 Å². The SMILES string of the molecule is O=C(/C=C(\O)C(F)(F)F)C(F)(F)F.O=C(/C=C(\O)C(F)(F)F)C(F)(F)F.O=C(/C=C(\O)C(F)(F)F)C(F)(F)F.[Er]. The van der Waals surface area contributed by atoms with Gasteiger partial charge in [-0.15, -0.1) is 0 Å². The summed E-state index contributed by atoms with van der Waals surface area (Å²) in [7, 11) is 0. The number of aliphatic hydroxyl groups excluding tert-OH is 3. The molecule has 0 spiro atoms. The van der Waals surface area contributed by atoms with E-state index in [0.29, 0.717) is 0 Å². The van der Waals surface area contributed by atoms with Gasteiger partial charge >= 0.3 is 37.1 Å². The van der Waals surface area contributed by atoms with Crippen LogP contribution in [0.5, 0.6) is 0 Å². The van der Waals surface area contributed by atoms with Crippen LogP contribution in [0.3, 0.4) is 0 Å². The zero-order chi connectivity index (χ0) is 32.6. The number of hydrogen-bond acceptors (Lipinski definition) is 6. The normalized spacial score (nSPS) is 14.1. The summed E-state index contributed by atoms with van der Waals surface area (Å²) in [6, 6.07) is 0. The molecular formula is C15H6ErF18O6. The maximum atomic E-state index is 11.4. The number of allylic oxidation sites excluding steroid dienone is 6. The number of carbonyl (C=O) groups is 3. The maximum absolute atomic E-state index is 11.4. The summed E-state index contributed by atoms with van der Waals surface area (Å²) in [5.41, 5.74) is 0. The zero-order valence-electron chi connectivity index (χ0n) is 17.4. The number of alkyl halides is 18. The minimum absolute atomic E-state index is 0. The van der Waals surface area contributed by atoms with E-state index in [0.717, 1.165) is 0 Å². The van der Waals surface area contributed by atoms with E-state index in [-0.39, 0.29) is 37.3 Å². The van der Waals surface area contributed by atoms with Crippen LogP contribution in [-0.2, 0) is 14.4 Å². The molecule has 0 aromatic heterocycles. The molecule has 0 aromatic rings. The fourth-order valence-electron chi connectivity index (χ4n) is 0.864. The maximum Gasteiger partial charge on any atom is 0.454 e. The second-order valence-electron chi connectivity index (χ2n) is 5.67. The molecule has 0 unspecified atom stereocenters. The van der Waals surface area contributed by atoms with Gasteiger partial charge in [0, 0.05) is 55.5 Å². The van der Waals surface area contributed by atoms with Crippen LogP contribution in [-0.4, -0.2) is 69.7 Å². The largest absolute Gasteiger partial charge is 0.504 e. The van der Waals surface area contributed by atoms with Crippen molar-refractivity contribution >= 4 is 17.3 Å². The van der Waals surface area contributed by atoms with E-state index < -0.39 is 89.9 Å². The third-order valence-electron chi connectivity index (χ3n) is 2.51. The van der Waals surface area contributed by atoms with E-state index in [1.165, 1.54) is 0 Å². The van der Waals surface area contributed by atoms with Gasteiger partial charge in [0.2, 0.25) is 17.3 Å². The molecular weight excluding hydrogens is 785 g/mol. The number of hydrogen-bond donors (Lipinski definition) is 3. The van der Waals surface area contributed by atoms with E-state index in [4.69, 9.17) is 15.3 Å². The van der Waals surface area contributed by atoms with Gasteiger partial charge in [0.05, 0.1) is 0 Å². The van der Waals surface area contributed by atoms with Crippen molar-refractivity contribution in [3.8, 4) is 0 Å². The Morgan fingerprint density at radius 1 is 0.350 bits per heavy atom. The number of rotatable bonds is 3. The Morgan fingerprint density at radius 2 is 0.475 bits per heavy atom. The molecule has 25 heteroatoms. The van der Waals surface area contributed by atoms with Crippen molar-refractivity contribution in [2.75, 3.05) is 0 Å². The third-order valence-corrected chi connectivity index (χ3v) is 2.51. The minimum atomic E-state index is -5.42. The Labute approximate surface area is 235 Å². The van der Waals surface area contributed by atoms with Gasteiger partial charge in [-0.25, -0.2) is 0 Å². The number of halogens is 18. The van der Waals surface area contributed by atoms with Crippen LogP contribution >= 0.6 is 0 Å². The topological polar surface area (TPSA) is 112 Å². The molecule has 6 nitrogen and oxygen atoms in total. The van der Waals surface area contributed by atoms with Crippen LogP contribution in [0.15, 0.2) is 35.5 Å². The first-order valence-corrected chi connectivity index (χ1v) is 7.92. The standard InChI is InChI=1S/3C5H2F6O2.Er/c3*6-4(7,8)2(12)1-3(13)5(9,10)11;/h3*1,12H;/b3*2-1-;. The molecule has 0 aliphatic heterocycles. The molecule has 0 aromatic carbocycles. The quantitative estimate of drug-likeness (QED) is 0.174. The summed E-state index contributed by atoms with van der Waals surface area (Å²) < 4.78 is 204. The number of carbonyl (C=O) groups excluding carboxylic acids is 3. The average Bonchev–Trinajstić information content (AvgIpc) is 2.64. The molecule has 0 bridgehead atoms. The summed E-state index contributed by atoms with van der Waals surface area (Å²) in [4.78, 5) is 29.6. The predicted octanol–water partition coefficient (Wildman–Crippen LogP) is 6.37. The third kappa shape index (κ3) is 20.5. The first-order valence-electron chi connectivity index (χ1n) is 7.92. The van der Waals surface area contributed by atoms with Crippen LogP contribution in [0.2, 0.25) is 0 Å². The van der Waals surface area contributed by atoms with Crippen LogP contribution in [0.25, 0.3) is 0 Å². The molecule has 0 heterocycles. The fourth-order valence-corrected chi connectivity index (χ4v) is 0.864. The van der Waals surface area contributed by atoms with E-state index in [1.54, 1.807) is 0 Å². The van der Waals surface area contributed by atoms with Gasteiger partial charge in [0.25, 0.3) is 17.3 Å². The van der Waals surface area contributed by atoms with Gasteiger partial charge in [-0.1, -0.05) is 0 Å². The molecule has 0 fully saturated rings.